The predicted molar refractivity (Wildman–Crippen MR) is 115 cm³/mol. The van der Waals surface area contributed by atoms with Gasteiger partial charge in [0.1, 0.15) is 5.75 Å². The molecule has 2 aromatic carbocycles. The van der Waals surface area contributed by atoms with E-state index in [9.17, 15) is 14.4 Å². The molecule has 31 heavy (non-hydrogen) atoms. The number of halogens is 2. The van der Waals surface area contributed by atoms with E-state index in [1.165, 1.54) is 23.1 Å². The first-order valence-corrected chi connectivity index (χ1v) is 11.0. The van der Waals surface area contributed by atoms with Gasteiger partial charge in [0.25, 0.3) is 0 Å². The molecule has 1 heterocycles. The van der Waals surface area contributed by atoms with Gasteiger partial charge < -0.3 is 4.74 Å². The lowest BCUT2D eigenvalue weighted by Gasteiger charge is -2.37. The molecule has 156 valence electrons. The highest BCUT2D eigenvalue weighted by Crippen LogP contribution is 2.65. The van der Waals surface area contributed by atoms with Crippen molar-refractivity contribution in [2.45, 2.75) is 6.42 Å². The van der Waals surface area contributed by atoms with Crippen LogP contribution >= 0.6 is 23.2 Å². The SMILES string of the molecule is O=C(Oc1ccc(Cl)cc1Cl)c1cccc(N2C(=O)[C@@H]3[C@H]4C=C[C@@H]([C@@H]5C[C@@H]45)[C@H]3C2=O)c1. The maximum absolute atomic E-state index is 13.3. The van der Waals surface area contributed by atoms with Crippen LogP contribution in [0.5, 0.6) is 5.75 Å². The van der Waals surface area contributed by atoms with E-state index in [-0.39, 0.29) is 51.8 Å². The number of carbonyl (C=O) groups excluding carboxylic acids is 3. The Balaban J connectivity index is 1.28. The van der Waals surface area contributed by atoms with E-state index >= 15 is 0 Å². The number of amides is 2. The third-order valence-corrected chi connectivity index (χ3v) is 7.63. The molecule has 0 spiro atoms. The maximum Gasteiger partial charge on any atom is 0.343 e. The zero-order chi connectivity index (χ0) is 21.4. The number of hydrogen-bond donors (Lipinski definition) is 0. The average molecular weight is 454 g/mol. The fourth-order valence-corrected chi connectivity index (χ4v) is 6.15. The van der Waals surface area contributed by atoms with Crippen molar-refractivity contribution in [3.8, 4) is 5.75 Å². The van der Waals surface area contributed by atoms with E-state index in [4.69, 9.17) is 27.9 Å². The van der Waals surface area contributed by atoms with E-state index in [1.54, 1.807) is 24.3 Å². The Kier molecular flexibility index (Phi) is 4.11. The van der Waals surface area contributed by atoms with E-state index < -0.39 is 5.97 Å². The zero-order valence-corrected chi connectivity index (χ0v) is 17.7. The highest BCUT2D eigenvalue weighted by Gasteiger charge is 2.67. The highest BCUT2D eigenvalue weighted by molar-refractivity contribution is 6.35. The fraction of sp³-hybridized carbons (Fsp3) is 0.292. The normalized spacial score (nSPS) is 32.1. The number of ether oxygens (including phenoxy) is 1. The second kappa shape index (κ2) is 6.68. The largest absolute Gasteiger partial charge is 0.421 e. The highest BCUT2D eigenvalue weighted by atomic mass is 35.5. The topological polar surface area (TPSA) is 63.7 Å². The van der Waals surface area contributed by atoms with Gasteiger partial charge in [0, 0.05) is 5.02 Å². The number of nitrogens with zero attached hydrogens (tertiary/aromatic N) is 1. The van der Waals surface area contributed by atoms with Gasteiger partial charge in [-0.1, -0.05) is 41.4 Å². The molecule has 2 amide bonds. The van der Waals surface area contributed by atoms with E-state index in [0.717, 1.165) is 6.42 Å². The summed E-state index contributed by atoms with van der Waals surface area (Å²) >= 11 is 12.0. The third-order valence-electron chi connectivity index (χ3n) is 7.10. The van der Waals surface area contributed by atoms with Gasteiger partial charge in [0.15, 0.2) is 0 Å². The van der Waals surface area contributed by atoms with Crippen molar-refractivity contribution in [2.75, 3.05) is 4.90 Å². The van der Waals surface area contributed by atoms with Crippen LogP contribution in [-0.2, 0) is 9.59 Å². The third kappa shape index (κ3) is 2.80. The van der Waals surface area contributed by atoms with Crippen molar-refractivity contribution in [3.05, 3.63) is 70.2 Å². The van der Waals surface area contributed by atoms with Gasteiger partial charge in [0.2, 0.25) is 11.8 Å². The van der Waals surface area contributed by atoms with Crippen LogP contribution in [0, 0.1) is 35.5 Å². The number of imide groups is 1. The summed E-state index contributed by atoms with van der Waals surface area (Å²) in [5.41, 5.74) is 0.622. The summed E-state index contributed by atoms with van der Waals surface area (Å²) in [6, 6.07) is 11.0. The van der Waals surface area contributed by atoms with Crippen LogP contribution in [0.4, 0.5) is 5.69 Å². The summed E-state index contributed by atoms with van der Waals surface area (Å²) in [6.07, 6.45) is 5.39. The van der Waals surface area contributed by atoms with Crippen LogP contribution < -0.4 is 9.64 Å². The number of anilines is 1. The molecule has 3 fully saturated rings. The predicted octanol–water partition coefficient (Wildman–Crippen LogP) is 4.77. The Morgan fingerprint density at radius 3 is 2.26 bits per heavy atom. The minimum absolute atomic E-state index is 0.154. The number of rotatable bonds is 3. The lowest BCUT2D eigenvalue weighted by atomic mass is 9.63. The lowest BCUT2D eigenvalue weighted by Crippen LogP contribution is -2.40. The number of hydrogen-bond acceptors (Lipinski definition) is 4. The molecule has 4 aliphatic carbocycles. The lowest BCUT2D eigenvalue weighted by molar-refractivity contribution is -0.124. The monoisotopic (exact) mass is 453 g/mol. The fourth-order valence-electron chi connectivity index (χ4n) is 5.70. The molecule has 7 heteroatoms. The Labute approximate surface area is 188 Å². The van der Waals surface area contributed by atoms with Crippen LogP contribution in [-0.4, -0.2) is 17.8 Å². The molecule has 2 aromatic rings. The summed E-state index contributed by atoms with van der Waals surface area (Å²) in [4.78, 5) is 40.5. The molecule has 7 rings (SSSR count). The van der Waals surface area contributed by atoms with Crippen molar-refractivity contribution in [1.29, 1.82) is 0 Å². The quantitative estimate of drug-likeness (QED) is 0.290. The first-order valence-electron chi connectivity index (χ1n) is 10.3. The molecule has 5 nitrogen and oxygen atoms in total. The zero-order valence-electron chi connectivity index (χ0n) is 16.2. The molecule has 0 N–H and O–H groups in total. The molecule has 0 unspecified atom stereocenters. The van der Waals surface area contributed by atoms with Gasteiger partial charge in [-0.3, -0.25) is 9.59 Å². The number of carbonyl (C=O) groups is 3. The Morgan fingerprint density at radius 2 is 1.61 bits per heavy atom. The van der Waals surface area contributed by atoms with Gasteiger partial charge in [-0.2, -0.15) is 0 Å². The van der Waals surface area contributed by atoms with Crippen molar-refractivity contribution in [3.63, 3.8) is 0 Å². The first kappa shape index (κ1) is 19.1. The van der Waals surface area contributed by atoms with Crippen molar-refractivity contribution < 1.29 is 19.1 Å². The summed E-state index contributed by atoms with van der Waals surface area (Å²) in [7, 11) is 0. The van der Waals surface area contributed by atoms with Crippen LogP contribution in [0.15, 0.2) is 54.6 Å². The molecule has 5 aliphatic rings. The van der Waals surface area contributed by atoms with Gasteiger partial charge in [-0.15, -0.1) is 0 Å². The molecular weight excluding hydrogens is 437 g/mol. The second-order valence-corrected chi connectivity index (χ2v) is 9.52. The van der Waals surface area contributed by atoms with Crippen LogP contribution in [0.25, 0.3) is 0 Å². The minimum Gasteiger partial charge on any atom is -0.421 e. The van der Waals surface area contributed by atoms with Crippen molar-refractivity contribution in [2.24, 2.45) is 35.5 Å². The minimum atomic E-state index is -0.634. The molecule has 6 atom stereocenters. The van der Waals surface area contributed by atoms with Gasteiger partial charge in [-0.25, -0.2) is 9.69 Å². The molecule has 2 bridgehead atoms. The first-order chi connectivity index (χ1) is 14.9. The molecule has 1 saturated heterocycles. The maximum atomic E-state index is 13.3. The summed E-state index contributed by atoms with van der Waals surface area (Å²) < 4.78 is 5.39. The Hall–Kier alpha value is -2.63. The number of esters is 1. The van der Waals surface area contributed by atoms with Crippen molar-refractivity contribution in [1.82, 2.24) is 0 Å². The van der Waals surface area contributed by atoms with E-state index in [2.05, 4.69) is 12.2 Å². The van der Waals surface area contributed by atoms with E-state index in [0.29, 0.717) is 22.5 Å². The van der Waals surface area contributed by atoms with Gasteiger partial charge in [-0.05, 0) is 66.5 Å². The van der Waals surface area contributed by atoms with Crippen LogP contribution in [0.1, 0.15) is 16.8 Å². The number of benzene rings is 2. The van der Waals surface area contributed by atoms with Gasteiger partial charge >= 0.3 is 5.97 Å². The molecule has 0 aromatic heterocycles. The Morgan fingerprint density at radius 1 is 0.935 bits per heavy atom. The average Bonchev–Trinajstić information content (AvgIpc) is 3.53. The summed E-state index contributed by atoms with van der Waals surface area (Å²) in [5.74, 6) is 0.0507. The van der Waals surface area contributed by atoms with E-state index in [1.807, 2.05) is 0 Å². The smallest absolute Gasteiger partial charge is 0.343 e. The summed E-state index contributed by atoms with van der Waals surface area (Å²) in [5, 5.41) is 0.646. The molecule has 0 radical (unpaired) electrons. The number of allylic oxidation sites excluding steroid dienone is 2. The summed E-state index contributed by atoms with van der Waals surface area (Å²) in [6.45, 7) is 0. The van der Waals surface area contributed by atoms with Crippen molar-refractivity contribution >= 4 is 46.7 Å². The molecule has 1 aliphatic heterocycles. The van der Waals surface area contributed by atoms with Gasteiger partial charge in [0.05, 0.1) is 28.1 Å². The van der Waals surface area contributed by atoms with Crippen LogP contribution in [0.2, 0.25) is 10.0 Å². The molecule has 2 saturated carbocycles. The van der Waals surface area contributed by atoms with Crippen LogP contribution in [0.3, 0.4) is 0 Å². The Bertz CT molecular complexity index is 1160. The molecular formula is C24H17Cl2NO4. The second-order valence-electron chi connectivity index (χ2n) is 8.68. The standard InChI is InChI=1S/C24H17Cl2NO4/c25-12-4-7-19(18(26)9-12)31-24(30)11-2-1-3-13(8-11)27-22(28)20-14-5-6-15(17-10-16(14)17)21(20)23(27)29/h1-9,14-17,20-21H,10H2/t14-,15-,16-,17-,20+,21+/m0/s1.